The Kier molecular flexibility index (Phi) is 3.95. The lowest BCUT2D eigenvalue weighted by molar-refractivity contribution is 0.135. The molecule has 0 atom stereocenters. The van der Waals surface area contributed by atoms with Crippen molar-refractivity contribution in [1.29, 1.82) is 0 Å². The third kappa shape index (κ3) is 3.19. The number of fused-ring (bicyclic) bond motifs is 1. The highest BCUT2D eigenvalue weighted by Gasteiger charge is 2.19. The Hall–Kier alpha value is -2.02. The monoisotopic (exact) mass is 304 g/mol. The van der Waals surface area contributed by atoms with E-state index in [0.717, 1.165) is 18.1 Å². The van der Waals surface area contributed by atoms with E-state index < -0.39 is 0 Å². The second kappa shape index (κ2) is 6.23. The standard InChI is InChI=1S/C22H24O/c1-16-6-10-21(11-7-16)23-22-12-8-17(9-13-22)20-14-18-4-2-3-5-19(18)15-20/h2-5,8-9,12-14,16,21H,6-7,10-11,15H2,1H3. The molecule has 2 aliphatic rings. The molecule has 0 aromatic heterocycles. The van der Waals surface area contributed by atoms with Crippen molar-refractivity contribution >= 4 is 11.6 Å². The van der Waals surface area contributed by atoms with Crippen molar-refractivity contribution in [3.05, 3.63) is 65.2 Å². The van der Waals surface area contributed by atoms with Gasteiger partial charge in [-0.1, -0.05) is 49.4 Å². The van der Waals surface area contributed by atoms with Gasteiger partial charge in [0.2, 0.25) is 0 Å². The van der Waals surface area contributed by atoms with Crippen molar-refractivity contribution in [3.63, 3.8) is 0 Å². The van der Waals surface area contributed by atoms with Crippen molar-refractivity contribution in [1.82, 2.24) is 0 Å². The van der Waals surface area contributed by atoms with Crippen LogP contribution in [0.1, 0.15) is 49.3 Å². The minimum absolute atomic E-state index is 0.409. The predicted octanol–water partition coefficient (Wildman–Crippen LogP) is 5.74. The largest absolute Gasteiger partial charge is 0.490 e. The summed E-state index contributed by atoms with van der Waals surface area (Å²) in [6.45, 7) is 2.35. The van der Waals surface area contributed by atoms with Gasteiger partial charge in [-0.3, -0.25) is 0 Å². The molecule has 1 fully saturated rings. The SMILES string of the molecule is CC1CCC(Oc2ccc(C3=Cc4ccccc4C3)cc2)CC1. The molecule has 0 amide bonds. The fourth-order valence-electron chi connectivity index (χ4n) is 3.75. The van der Waals surface area contributed by atoms with Crippen LogP contribution in [-0.4, -0.2) is 6.10 Å². The Bertz CT molecular complexity index is 703. The topological polar surface area (TPSA) is 9.23 Å². The lowest BCUT2D eigenvalue weighted by atomic mass is 9.89. The number of hydrogen-bond donors (Lipinski definition) is 0. The molecule has 2 aliphatic carbocycles. The summed E-state index contributed by atoms with van der Waals surface area (Å²) in [6.07, 6.45) is 8.76. The van der Waals surface area contributed by atoms with E-state index >= 15 is 0 Å². The first kappa shape index (κ1) is 14.6. The fourth-order valence-corrected chi connectivity index (χ4v) is 3.75. The first-order chi connectivity index (χ1) is 11.3. The molecule has 4 rings (SSSR count). The summed E-state index contributed by atoms with van der Waals surface area (Å²) in [5.41, 5.74) is 5.51. The van der Waals surface area contributed by atoms with Crippen LogP contribution in [0.25, 0.3) is 11.6 Å². The van der Waals surface area contributed by atoms with Crippen LogP contribution < -0.4 is 4.74 Å². The maximum atomic E-state index is 6.16. The normalized spacial score (nSPS) is 23.3. The molecule has 118 valence electrons. The Morgan fingerprint density at radius 2 is 1.61 bits per heavy atom. The zero-order valence-corrected chi connectivity index (χ0v) is 13.8. The van der Waals surface area contributed by atoms with Gasteiger partial charge in [0.1, 0.15) is 5.75 Å². The number of allylic oxidation sites excluding steroid dienone is 1. The van der Waals surface area contributed by atoms with Gasteiger partial charge in [0.15, 0.2) is 0 Å². The van der Waals surface area contributed by atoms with E-state index in [1.807, 2.05) is 0 Å². The summed E-state index contributed by atoms with van der Waals surface area (Å²) < 4.78 is 6.16. The first-order valence-electron chi connectivity index (χ1n) is 8.83. The van der Waals surface area contributed by atoms with Crippen molar-refractivity contribution in [2.45, 2.75) is 45.1 Å². The van der Waals surface area contributed by atoms with Gasteiger partial charge in [-0.2, -0.15) is 0 Å². The van der Waals surface area contributed by atoms with Gasteiger partial charge in [0.25, 0.3) is 0 Å². The summed E-state index contributed by atoms with van der Waals surface area (Å²) in [5.74, 6) is 1.89. The molecule has 2 aromatic carbocycles. The smallest absolute Gasteiger partial charge is 0.119 e. The highest BCUT2D eigenvalue weighted by molar-refractivity contribution is 5.88. The molecule has 1 nitrogen and oxygen atoms in total. The van der Waals surface area contributed by atoms with Crippen LogP contribution in [0.4, 0.5) is 0 Å². The van der Waals surface area contributed by atoms with Crippen molar-refractivity contribution < 1.29 is 4.74 Å². The van der Waals surface area contributed by atoms with Gasteiger partial charge in [0, 0.05) is 0 Å². The summed E-state index contributed by atoms with van der Waals surface area (Å²) >= 11 is 0. The zero-order chi connectivity index (χ0) is 15.6. The van der Waals surface area contributed by atoms with Crippen molar-refractivity contribution in [3.8, 4) is 5.75 Å². The molecule has 1 saturated carbocycles. The molecule has 1 heteroatoms. The molecule has 0 unspecified atom stereocenters. The fraction of sp³-hybridized carbons (Fsp3) is 0.364. The molecule has 23 heavy (non-hydrogen) atoms. The molecular weight excluding hydrogens is 280 g/mol. The highest BCUT2D eigenvalue weighted by atomic mass is 16.5. The third-order valence-electron chi connectivity index (χ3n) is 5.26. The minimum atomic E-state index is 0.409. The van der Waals surface area contributed by atoms with Crippen LogP contribution in [0.5, 0.6) is 5.75 Å². The molecule has 0 spiro atoms. The Labute approximate surface area is 139 Å². The molecule has 0 radical (unpaired) electrons. The van der Waals surface area contributed by atoms with Crippen molar-refractivity contribution in [2.24, 2.45) is 5.92 Å². The lowest BCUT2D eigenvalue weighted by Crippen LogP contribution is -2.22. The average Bonchev–Trinajstić information content (AvgIpc) is 3.02. The summed E-state index contributed by atoms with van der Waals surface area (Å²) in [7, 11) is 0. The number of rotatable bonds is 3. The van der Waals surface area contributed by atoms with Crippen LogP contribution in [-0.2, 0) is 6.42 Å². The maximum absolute atomic E-state index is 6.16. The van der Waals surface area contributed by atoms with Gasteiger partial charge in [-0.25, -0.2) is 0 Å². The van der Waals surface area contributed by atoms with Gasteiger partial charge in [-0.15, -0.1) is 0 Å². The molecule has 0 aliphatic heterocycles. The first-order valence-corrected chi connectivity index (χ1v) is 8.83. The quantitative estimate of drug-likeness (QED) is 0.702. The predicted molar refractivity (Wildman–Crippen MR) is 96.5 cm³/mol. The molecular formula is C22H24O. The van der Waals surface area contributed by atoms with Crippen LogP contribution in [0.3, 0.4) is 0 Å². The molecule has 0 N–H and O–H groups in total. The minimum Gasteiger partial charge on any atom is -0.490 e. The summed E-state index contributed by atoms with van der Waals surface area (Å²) in [5, 5.41) is 0. The number of benzene rings is 2. The van der Waals surface area contributed by atoms with E-state index in [1.165, 1.54) is 47.9 Å². The number of hydrogen-bond acceptors (Lipinski definition) is 1. The van der Waals surface area contributed by atoms with E-state index in [2.05, 4.69) is 61.5 Å². The second-order valence-corrected chi connectivity index (χ2v) is 7.07. The van der Waals surface area contributed by atoms with Crippen LogP contribution >= 0.6 is 0 Å². The van der Waals surface area contributed by atoms with Gasteiger partial charge >= 0.3 is 0 Å². The van der Waals surface area contributed by atoms with Gasteiger partial charge in [0.05, 0.1) is 6.10 Å². The van der Waals surface area contributed by atoms with Gasteiger partial charge in [-0.05, 0) is 72.4 Å². The Morgan fingerprint density at radius 3 is 2.35 bits per heavy atom. The van der Waals surface area contributed by atoms with Gasteiger partial charge < -0.3 is 4.74 Å². The third-order valence-corrected chi connectivity index (χ3v) is 5.26. The summed E-state index contributed by atoms with van der Waals surface area (Å²) in [6, 6.07) is 17.3. The Morgan fingerprint density at radius 1 is 0.870 bits per heavy atom. The Balaban J connectivity index is 1.43. The molecule has 0 saturated heterocycles. The van der Waals surface area contributed by atoms with E-state index in [4.69, 9.17) is 4.74 Å². The van der Waals surface area contributed by atoms with E-state index in [-0.39, 0.29) is 0 Å². The number of ether oxygens (including phenoxy) is 1. The molecule has 0 heterocycles. The molecule has 2 aromatic rings. The van der Waals surface area contributed by atoms with Crippen molar-refractivity contribution in [2.75, 3.05) is 0 Å². The lowest BCUT2D eigenvalue weighted by Gasteiger charge is -2.26. The maximum Gasteiger partial charge on any atom is 0.119 e. The highest BCUT2D eigenvalue weighted by Crippen LogP contribution is 2.33. The second-order valence-electron chi connectivity index (χ2n) is 7.07. The van der Waals surface area contributed by atoms with E-state index in [0.29, 0.717) is 6.10 Å². The van der Waals surface area contributed by atoms with Crippen LogP contribution in [0, 0.1) is 5.92 Å². The molecule has 0 bridgehead atoms. The average molecular weight is 304 g/mol. The van der Waals surface area contributed by atoms with Crippen LogP contribution in [0.2, 0.25) is 0 Å². The van der Waals surface area contributed by atoms with E-state index in [9.17, 15) is 0 Å². The summed E-state index contributed by atoms with van der Waals surface area (Å²) in [4.78, 5) is 0. The van der Waals surface area contributed by atoms with Crippen LogP contribution in [0.15, 0.2) is 48.5 Å². The van der Waals surface area contributed by atoms with E-state index in [1.54, 1.807) is 0 Å². The zero-order valence-electron chi connectivity index (χ0n) is 13.8.